The number of anilines is 1. The second-order valence-electron chi connectivity index (χ2n) is 4.83. The van der Waals surface area contributed by atoms with Crippen molar-refractivity contribution in [2.45, 2.75) is 6.42 Å². The van der Waals surface area contributed by atoms with Gasteiger partial charge in [0.1, 0.15) is 5.75 Å². The van der Waals surface area contributed by atoms with Gasteiger partial charge < -0.3 is 15.4 Å². The summed E-state index contributed by atoms with van der Waals surface area (Å²) >= 11 is 5.06. The first-order valence-electron chi connectivity index (χ1n) is 6.96. The topological polar surface area (TPSA) is 93.5 Å². The average Bonchev–Trinajstić information content (AvgIpc) is 2.55. The Morgan fingerprint density at radius 1 is 1.17 bits per heavy atom. The minimum Gasteiger partial charge on any atom is -0.497 e. The van der Waals surface area contributed by atoms with E-state index in [0.29, 0.717) is 5.69 Å². The van der Waals surface area contributed by atoms with Crippen molar-refractivity contribution in [3.05, 3.63) is 64.2 Å². The van der Waals surface area contributed by atoms with E-state index in [1.165, 1.54) is 24.3 Å². The molecule has 2 aromatic rings. The molecule has 0 heterocycles. The average molecular weight is 345 g/mol. The highest BCUT2D eigenvalue weighted by Gasteiger charge is 2.08. The molecule has 0 atom stereocenters. The summed E-state index contributed by atoms with van der Waals surface area (Å²) in [6, 6.07) is 12.9. The summed E-state index contributed by atoms with van der Waals surface area (Å²) < 4.78 is 5.05. The summed E-state index contributed by atoms with van der Waals surface area (Å²) in [5.41, 5.74) is 1.36. The zero-order valence-corrected chi connectivity index (χ0v) is 13.6. The number of rotatable bonds is 5. The predicted octanol–water partition coefficient (Wildman–Crippen LogP) is 2.66. The lowest BCUT2D eigenvalue weighted by atomic mass is 10.1. The summed E-state index contributed by atoms with van der Waals surface area (Å²) in [5.74, 6) is 0.453. The molecule has 0 aliphatic rings. The van der Waals surface area contributed by atoms with E-state index in [-0.39, 0.29) is 23.1 Å². The number of non-ortho nitro benzene ring substituents is 1. The molecule has 0 aliphatic carbocycles. The summed E-state index contributed by atoms with van der Waals surface area (Å²) in [7, 11) is 1.57. The minimum absolute atomic E-state index is 0.0185. The number of benzene rings is 2. The van der Waals surface area contributed by atoms with Gasteiger partial charge in [-0.05, 0) is 42.0 Å². The first-order valence-corrected chi connectivity index (χ1v) is 7.37. The zero-order valence-electron chi connectivity index (χ0n) is 12.8. The lowest BCUT2D eigenvalue weighted by Crippen LogP contribution is -2.35. The number of nitro groups is 1. The molecule has 0 aromatic heterocycles. The summed E-state index contributed by atoms with van der Waals surface area (Å²) in [5, 5.41) is 16.1. The number of methoxy groups -OCH3 is 1. The van der Waals surface area contributed by atoms with E-state index in [0.717, 1.165) is 11.3 Å². The molecule has 2 N–H and O–H groups in total. The third-order valence-corrected chi connectivity index (χ3v) is 3.32. The molecular formula is C16H15N3O4S. The van der Waals surface area contributed by atoms with Crippen LogP contribution in [0.3, 0.4) is 0 Å². The van der Waals surface area contributed by atoms with Gasteiger partial charge in [0.25, 0.3) is 5.69 Å². The monoisotopic (exact) mass is 345 g/mol. The van der Waals surface area contributed by atoms with E-state index in [1.54, 1.807) is 31.4 Å². The first kappa shape index (κ1) is 17.4. The number of amides is 1. The molecule has 2 rings (SSSR count). The Hall–Kier alpha value is -3.00. The molecule has 8 heteroatoms. The molecule has 1 amide bonds. The molecule has 0 unspecified atom stereocenters. The number of ether oxygens (including phenoxy) is 1. The Labute approximate surface area is 143 Å². The molecule has 0 fully saturated rings. The van der Waals surface area contributed by atoms with Crippen molar-refractivity contribution in [3.63, 3.8) is 0 Å². The number of hydrogen-bond donors (Lipinski definition) is 2. The van der Waals surface area contributed by atoms with Gasteiger partial charge in [0.2, 0.25) is 5.91 Å². The fourth-order valence-electron chi connectivity index (χ4n) is 1.93. The van der Waals surface area contributed by atoms with Gasteiger partial charge in [-0.3, -0.25) is 14.9 Å². The van der Waals surface area contributed by atoms with E-state index in [2.05, 4.69) is 10.6 Å². The predicted molar refractivity (Wildman–Crippen MR) is 94.2 cm³/mol. The molecule has 124 valence electrons. The smallest absolute Gasteiger partial charge is 0.269 e. The Morgan fingerprint density at radius 3 is 2.33 bits per heavy atom. The van der Waals surface area contributed by atoms with Gasteiger partial charge in [-0.15, -0.1) is 0 Å². The van der Waals surface area contributed by atoms with Crippen LogP contribution in [-0.2, 0) is 11.2 Å². The van der Waals surface area contributed by atoms with Gasteiger partial charge in [-0.1, -0.05) is 12.1 Å². The number of nitro benzene ring substituents is 1. The van der Waals surface area contributed by atoms with Gasteiger partial charge in [0.05, 0.1) is 18.5 Å². The van der Waals surface area contributed by atoms with Crippen LogP contribution in [0.5, 0.6) is 5.75 Å². The molecule has 0 saturated carbocycles. The highest BCUT2D eigenvalue weighted by atomic mass is 32.1. The maximum atomic E-state index is 12.0. The second-order valence-corrected chi connectivity index (χ2v) is 5.24. The van der Waals surface area contributed by atoms with Crippen LogP contribution < -0.4 is 15.4 Å². The minimum atomic E-state index is -0.487. The van der Waals surface area contributed by atoms with E-state index in [1.807, 2.05) is 0 Å². The van der Waals surface area contributed by atoms with Gasteiger partial charge in [0.15, 0.2) is 5.11 Å². The summed E-state index contributed by atoms with van der Waals surface area (Å²) in [4.78, 5) is 22.1. The summed E-state index contributed by atoms with van der Waals surface area (Å²) in [6.45, 7) is 0. The lowest BCUT2D eigenvalue weighted by Gasteiger charge is -2.09. The zero-order chi connectivity index (χ0) is 17.5. The van der Waals surface area contributed by atoms with Crippen LogP contribution in [-0.4, -0.2) is 23.1 Å². The van der Waals surface area contributed by atoms with Crippen LogP contribution in [0.4, 0.5) is 11.4 Å². The fraction of sp³-hybridized carbons (Fsp3) is 0.125. The van der Waals surface area contributed by atoms with Crippen molar-refractivity contribution in [2.24, 2.45) is 0 Å². The normalized spacial score (nSPS) is 9.88. The number of nitrogens with zero attached hydrogens (tertiary/aromatic N) is 1. The molecule has 0 bridgehead atoms. The number of carbonyl (C=O) groups is 1. The number of carbonyl (C=O) groups excluding carboxylic acids is 1. The van der Waals surface area contributed by atoms with Crippen LogP contribution in [0.15, 0.2) is 48.5 Å². The van der Waals surface area contributed by atoms with Crippen LogP contribution in [0.2, 0.25) is 0 Å². The molecule has 7 nitrogen and oxygen atoms in total. The number of nitrogens with one attached hydrogen (secondary N) is 2. The van der Waals surface area contributed by atoms with Gasteiger partial charge in [0, 0.05) is 17.8 Å². The summed E-state index contributed by atoms with van der Waals surface area (Å²) in [6.07, 6.45) is 0.173. The van der Waals surface area contributed by atoms with Crippen molar-refractivity contribution >= 4 is 34.6 Å². The van der Waals surface area contributed by atoms with Crippen molar-refractivity contribution in [1.29, 1.82) is 0 Å². The lowest BCUT2D eigenvalue weighted by molar-refractivity contribution is -0.384. The molecule has 0 saturated heterocycles. The highest BCUT2D eigenvalue weighted by molar-refractivity contribution is 7.80. The van der Waals surface area contributed by atoms with Crippen molar-refractivity contribution in [3.8, 4) is 5.75 Å². The van der Waals surface area contributed by atoms with Crippen molar-refractivity contribution in [1.82, 2.24) is 5.32 Å². The fourth-order valence-corrected chi connectivity index (χ4v) is 2.16. The Balaban J connectivity index is 1.86. The molecule has 0 spiro atoms. The maximum Gasteiger partial charge on any atom is 0.269 e. The van der Waals surface area contributed by atoms with Crippen molar-refractivity contribution in [2.75, 3.05) is 12.4 Å². The molecular weight excluding hydrogens is 330 g/mol. The largest absolute Gasteiger partial charge is 0.497 e. The number of hydrogen-bond acceptors (Lipinski definition) is 5. The number of thiocarbonyl (C=S) groups is 1. The van der Waals surface area contributed by atoms with Crippen LogP contribution in [0, 0.1) is 10.1 Å². The van der Waals surface area contributed by atoms with Gasteiger partial charge in [-0.25, -0.2) is 0 Å². The van der Waals surface area contributed by atoms with Crippen LogP contribution >= 0.6 is 12.2 Å². The second kappa shape index (κ2) is 8.02. The van der Waals surface area contributed by atoms with E-state index in [9.17, 15) is 14.9 Å². The van der Waals surface area contributed by atoms with Gasteiger partial charge >= 0.3 is 0 Å². The standard InChI is InChI=1S/C16H15N3O4S/c1-23-14-8-2-11(3-9-14)10-15(20)18-16(24)17-12-4-6-13(7-5-12)19(21)22/h2-9H,10H2,1H3,(H2,17,18,20,24). The maximum absolute atomic E-state index is 12.0. The molecule has 0 aliphatic heterocycles. The van der Waals surface area contributed by atoms with Gasteiger partial charge in [-0.2, -0.15) is 0 Å². The van der Waals surface area contributed by atoms with Crippen LogP contribution in [0.25, 0.3) is 0 Å². The molecule has 2 aromatic carbocycles. The third-order valence-electron chi connectivity index (χ3n) is 3.11. The SMILES string of the molecule is COc1ccc(CC(=O)NC(=S)Nc2ccc([N+](=O)[O-])cc2)cc1. The Morgan fingerprint density at radius 2 is 1.79 bits per heavy atom. The molecule has 24 heavy (non-hydrogen) atoms. The third kappa shape index (κ3) is 5.03. The van der Waals surface area contributed by atoms with Crippen LogP contribution in [0.1, 0.15) is 5.56 Å². The quantitative estimate of drug-likeness (QED) is 0.492. The Bertz CT molecular complexity index is 745. The van der Waals surface area contributed by atoms with Crippen molar-refractivity contribution < 1.29 is 14.5 Å². The van der Waals surface area contributed by atoms with E-state index < -0.39 is 4.92 Å². The van der Waals surface area contributed by atoms with E-state index >= 15 is 0 Å². The van der Waals surface area contributed by atoms with E-state index in [4.69, 9.17) is 17.0 Å². The first-order chi connectivity index (χ1) is 11.5. The Kier molecular flexibility index (Phi) is 5.80. The molecule has 0 radical (unpaired) electrons. The highest BCUT2D eigenvalue weighted by Crippen LogP contribution is 2.15.